The van der Waals surface area contributed by atoms with Crippen LogP contribution >= 0.6 is 0 Å². The summed E-state index contributed by atoms with van der Waals surface area (Å²) < 4.78 is 0. The van der Waals surface area contributed by atoms with E-state index >= 15 is 0 Å². The Morgan fingerprint density at radius 1 is 0.656 bits per heavy atom. The minimum atomic E-state index is -0.543. The topological polar surface area (TPSA) is 144 Å². The van der Waals surface area contributed by atoms with Gasteiger partial charge < -0.3 is 10.6 Å². The maximum atomic E-state index is 12.5. The van der Waals surface area contributed by atoms with Gasteiger partial charge in [0, 0.05) is 46.8 Å². The lowest BCUT2D eigenvalue weighted by Gasteiger charge is -2.14. The van der Waals surface area contributed by atoms with E-state index in [2.05, 4.69) is 10.6 Å². The maximum Gasteiger partial charge on any atom is 0.269 e. The second-order valence-corrected chi connectivity index (χ2v) is 7.00. The van der Waals surface area contributed by atoms with Gasteiger partial charge in [-0.3, -0.25) is 29.8 Å². The van der Waals surface area contributed by atoms with Gasteiger partial charge in [-0.25, -0.2) is 0 Å². The van der Waals surface area contributed by atoms with Crippen molar-refractivity contribution in [3.8, 4) is 0 Å². The summed E-state index contributed by atoms with van der Waals surface area (Å²) in [5, 5.41) is 27.0. The zero-order valence-corrected chi connectivity index (χ0v) is 17.1. The van der Waals surface area contributed by atoms with Crippen molar-refractivity contribution in [3.05, 3.63) is 103 Å². The van der Waals surface area contributed by atoms with Crippen molar-refractivity contribution in [2.45, 2.75) is 13.8 Å². The van der Waals surface area contributed by atoms with Gasteiger partial charge in [0.25, 0.3) is 23.2 Å². The molecule has 0 heterocycles. The van der Waals surface area contributed by atoms with Crippen LogP contribution in [-0.2, 0) is 0 Å². The number of hydrogen-bond donors (Lipinski definition) is 2. The molecule has 0 unspecified atom stereocenters. The van der Waals surface area contributed by atoms with Crippen molar-refractivity contribution in [2.24, 2.45) is 0 Å². The average molecular weight is 434 g/mol. The predicted molar refractivity (Wildman–Crippen MR) is 118 cm³/mol. The van der Waals surface area contributed by atoms with E-state index in [-0.39, 0.29) is 22.5 Å². The molecule has 0 radical (unpaired) electrons. The molecule has 2 amide bonds. The number of nitrogens with zero attached hydrogens (tertiary/aromatic N) is 2. The third-order valence-corrected chi connectivity index (χ3v) is 4.75. The van der Waals surface area contributed by atoms with Crippen LogP contribution in [0.15, 0.2) is 60.7 Å². The zero-order valence-electron chi connectivity index (χ0n) is 17.1. The third kappa shape index (κ3) is 4.93. The van der Waals surface area contributed by atoms with Crippen LogP contribution in [0.1, 0.15) is 31.8 Å². The van der Waals surface area contributed by atoms with Gasteiger partial charge in [-0.15, -0.1) is 0 Å². The van der Waals surface area contributed by atoms with E-state index in [0.717, 1.165) is 0 Å². The molecule has 0 saturated carbocycles. The van der Waals surface area contributed by atoms with E-state index in [4.69, 9.17) is 0 Å². The minimum absolute atomic E-state index is 0.110. The molecular weight excluding hydrogens is 416 g/mol. The molecule has 0 aliphatic carbocycles. The number of carbonyl (C=O) groups excluding carboxylic acids is 2. The van der Waals surface area contributed by atoms with Crippen LogP contribution in [-0.4, -0.2) is 21.7 Å². The van der Waals surface area contributed by atoms with Crippen molar-refractivity contribution in [1.29, 1.82) is 0 Å². The molecular formula is C22H18N4O6. The van der Waals surface area contributed by atoms with Gasteiger partial charge in [-0.2, -0.15) is 0 Å². The van der Waals surface area contributed by atoms with Crippen molar-refractivity contribution < 1.29 is 19.4 Å². The molecule has 3 aromatic rings. The number of aryl methyl sites for hydroxylation is 2. The van der Waals surface area contributed by atoms with Gasteiger partial charge in [0.2, 0.25) is 0 Å². The van der Waals surface area contributed by atoms with Crippen molar-refractivity contribution in [2.75, 3.05) is 10.6 Å². The monoisotopic (exact) mass is 434 g/mol. The molecule has 0 spiro atoms. The SMILES string of the molecule is Cc1cc(NC(=O)c2ccc([N+](=O)[O-])cc2)c(C)cc1NC(=O)c1ccc([N+](=O)[O-])cc1. The number of rotatable bonds is 6. The van der Waals surface area contributed by atoms with Crippen LogP contribution < -0.4 is 10.6 Å². The second kappa shape index (κ2) is 9.04. The fraction of sp³-hybridized carbons (Fsp3) is 0.0909. The minimum Gasteiger partial charge on any atom is -0.322 e. The Hall–Kier alpha value is -4.60. The van der Waals surface area contributed by atoms with Crippen LogP contribution in [0.3, 0.4) is 0 Å². The summed E-state index contributed by atoms with van der Waals surface area (Å²) in [6.45, 7) is 3.51. The predicted octanol–water partition coefficient (Wildman–Crippen LogP) is 4.62. The molecule has 0 atom stereocenters. The van der Waals surface area contributed by atoms with Gasteiger partial charge in [-0.1, -0.05) is 0 Å². The van der Waals surface area contributed by atoms with Gasteiger partial charge in [0.1, 0.15) is 0 Å². The molecule has 3 aromatic carbocycles. The van der Waals surface area contributed by atoms with Gasteiger partial charge in [-0.05, 0) is 61.4 Å². The van der Waals surface area contributed by atoms with Crippen LogP contribution in [0.25, 0.3) is 0 Å². The highest BCUT2D eigenvalue weighted by molar-refractivity contribution is 6.06. The number of nitro benzene ring substituents is 2. The van der Waals surface area contributed by atoms with Gasteiger partial charge >= 0.3 is 0 Å². The molecule has 3 rings (SSSR count). The lowest BCUT2D eigenvalue weighted by atomic mass is 10.1. The number of hydrogen-bond acceptors (Lipinski definition) is 6. The summed E-state index contributed by atoms with van der Waals surface area (Å²) in [6.07, 6.45) is 0. The largest absolute Gasteiger partial charge is 0.322 e. The normalized spacial score (nSPS) is 10.3. The number of non-ortho nitro benzene ring substituents is 2. The lowest BCUT2D eigenvalue weighted by molar-refractivity contribution is -0.385. The second-order valence-electron chi connectivity index (χ2n) is 7.00. The molecule has 0 aliphatic rings. The molecule has 0 saturated heterocycles. The highest BCUT2D eigenvalue weighted by Crippen LogP contribution is 2.26. The third-order valence-electron chi connectivity index (χ3n) is 4.75. The lowest BCUT2D eigenvalue weighted by Crippen LogP contribution is -2.15. The average Bonchev–Trinajstić information content (AvgIpc) is 2.77. The zero-order chi connectivity index (χ0) is 23.4. The fourth-order valence-electron chi connectivity index (χ4n) is 2.94. The molecule has 10 nitrogen and oxygen atoms in total. The standard InChI is InChI=1S/C22H18N4O6/c1-13-11-20(24-22(28)16-5-9-18(10-6-16)26(31)32)14(2)12-19(13)23-21(27)15-3-7-17(8-4-15)25(29)30/h3-12H,1-2H3,(H,23,27)(H,24,28). The number of amides is 2. The fourth-order valence-corrected chi connectivity index (χ4v) is 2.94. The Morgan fingerprint density at radius 3 is 1.25 bits per heavy atom. The molecule has 0 aliphatic heterocycles. The Labute approximate surface area is 182 Å². The molecule has 0 fully saturated rings. The summed E-state index contributed by atoms with van der Waals surface area (Å²) >= 11 is 0. The Bertz CT molecular complexity index is 1120. The number of anilines is 2. The Balaban J connectivity index is 1.74. The summed E-state index contributed by atoms with van der Waals surface area (Å²) in [4.78, 5) is 45.4. The molecule has 0 aromatic heterocycles. The van der Waals surface area contributed by atoms with Crippen molar-refractivity contribution in [1.82, 2.24) is 0 Å². The number of nitrogens with one attached hydrogen (secondary N) is 2. The van der Waals surface area contributed by atoms with Crippen molar-refractivity contribution in [3.63, 3.8) is 0 Å². The molecule has 162 valence electrons. The van der Waals surface area contributed by atoms with Crippen LogP contribution in [0, 0.1) is 34.1 Å². The maximum absolute atomic E-state index is 12.5. The van der Waals surface area contributed by atoms with E-state index in [1.807, 2.05) is 0 Å². The number of carbonyl (C=O) groups is 2. The molecule has 32 heavy (non-hydrogen) atoms. The summed E-state index contributed by atoms with van der Waals surface area (Å²) in [5.74, 6) is -0.852. The molecule has 10 heteroatoms. The van der Waals surface area contributed by atoms with Gasteiger partial charge in [0.05, 0.1) is 9.85 Å². The van der Waals surface area contributed by atoms with Crippen LogP contribution in [0.5, 0.6) is 0 Å². The van der Waals surface area contributed by atoms with E-state index in [0.29, 0.717) is 22.5 Å². The van der Waals surface area contributed by atoms with Crippen LogP contribution in [0.2, 0.25) is 0 Å². The first-order chi connectivity index (χ1) is 15.2. The first-order valence-corrected chi connectivity index (χ1v) is 9.38. The van der Waals surface area contributed by atoms with Crippen LogP contribution in [0.4, 0.5) is 22.7 Å². The van der Waals surface area contributed by atoms with Crippen molar-refractivity contribution >= 4 is 34.6 Å². The Kier molecular flexibility index (Phi) is 6.24. The summed E-state index contributed by atoms with van der Waals surface area (Å²) in [6, 6.07) is 13.9. The van der Waals surface area contributed by atoms with E-state index in [1.165, 1.54) is 48.5 Å². The number of nitro groups is 2. The molecule has 0 bridgehead atoms. The summed E-state index contributed by atoms with van der Waals surface area (Å²) in [5.41, 5.74) is 2.74. The smallest absolute Gasteiger partial charge is 0.269 e. The van der Waals surface area contributed by atoms with E-state index in [9.17, 15) is 29.8 Å². The van der Waals surface area contributed by atoms with Gasteiger partial charge in [0.15, 0.2) is 0 Å². The molecule has 2 N–H and O–H groups in total. The Morgan fingerprint density at radius 2 is 0.969 bits per heavy atom. The first kappa shape index (κ1) is 22.1. The van der Waals surface area contributed by atoms with E-state index < -0.39 is 21.7 Å². The highest BCUT2D eigenvalue weighted by Gasteiger charge is 2.14. The number of benzene rings is 3. The highest BCUT2D eigenvalue weighted by atomic mass is 16.6. The summed E-state index contributed by atoms with van der Waals surface area (Å²) in [7, 11) is 0. The van der Waals surface area contributed by atoms with E-state index in [1.54, 1.807) is 26.0 Å². The quantitative estimate of drug-likeness (QED) is 0.428. The first-order valence-electron chi connectivity index (χ1n) is 9.38.